The van der Waals surface area contributed by atoms with Gasteiger partial charge in [-0.05, 0) is 17.5 Å². The number of amides is 1. The summed E-state index contributed by atoms with van der Waals surface area (Å²) in [5.74, 6) is -1.48. The molecular weight excluding hydrogens is 254 g/mol. The number of carbonyl (C=O) groups excluding carboxylic acids is 1. The minimum atomic E-state index is -1.28. The molecule has 1 unspecified atom stereocenters. The maximum atomic E-state index is 11.7. The van der Waals surface area contributed by atoms with Crippen molar-refractivity contribution < 1.29 is 19.4 Å². The zero-order chi connectivity index (χ0) is 13.0. The van der Waals surface area contributed by atoms with Gasteiger partial charge in [0.2, 0.25) is 5.91 Å². The third-order valence-electron chi connectivity index (χ3n) is 2.74. The van der Waals surface area contributed by atoms with Gasteiger partial charge in [0.25, 0.3) is 0 Å². The fourth-order valence-electron chi connectivity index (χ4n) is 1.71. The second-order valence-corrected chi connectivity index (χ2v) is 5.01. The molecule has 18 heavy (non-hydrogen) atoms. The van der Waals surface area contributed by atoms with Crippen LogP contribution >= 0.6 is 11.3 Å². The topological polar surface area (TPSA) is 75.6 Å². The Hall–Kier alpha value is -1.66. The SMILES string of the molecule is O=C(C=Cc1cccs1)NC1(C(=O)O)CCOC1. The molecule has 1 saturated heterocycles. The van der Waals surface area contributed by atoms with Crippen LogP contribution in [0.25, 0.3) is 6.08 Å². The number of ether oxygens (including phenoxy) is 1. The van der Waals surface area contributed by atoms with E-state index in [9.17, 15) is 9.59 Å². The smallest absolute Gasteiger partial charge is 0.331 e. The summed E-state index contributed by atoms with van der Waals surface area (Å²) in [6.07, 6.45) is 3.29. The highest BCUT2D eigenvalue weighted by atomic mass is 32.1. The summed E-state index contributed by atoms with van der Waals surface area (Å²) in [6, 6.07) is 3.76. The minimum Gasteiger partial charge on any atom is -0.479 e. The van der Waals surface area contributed by atoms with Gasteiger partial charge in [-0.15, -0.1) is 11.3 Å². The minimum absolute atomic E-state index is 0.0148. The summed E-state index contributed by atoms with van der Waals surface area (Å²) in [4.78, 5) is 23.8. The lowest BCUT2D eigenvalue weighted by molar-refractivity contribution is -0.147. The molecule has 96 valence electrons. The molecular formula is C12H13NO4S. The van der Waals surface area contributed by atoms with E-state index in [4.69, 9.17) is 9.84 Å². The second kappa shape index (κ2) is 5.32. The van der Waals surface area contributed by atoms with Crippen molar-refractivity contribution >= 4 is 29.3 Å². The summed E-state index contributed by atoms with van der Waals surface area (Å²) in [6.45, 7) is 0.363. The number of aliphatic carboxylic acids is 1. The third kappa shape index (κ3) is 2.77. The Morgan fingerprint density at radius 3 is 2.94 bits per heavy atom. The molecule has 1 aliphatic rings. The zero-order valence-electron chi connectivity index (χ0n) is 9.59. The van der Waals surface area contributed by atoms with Crippen LogP contribution in [0.1, 0.15) is 11.3 Å². The van der Waals surface area contributed by atoms with Gasteiger partial charge in [-0.25, -0.2) is 4.79 Å². The van der Waals surface area contributed by atoms with E-state index >= 15 is 0 Å². The van der Waals surface area contributed by atoms with E-state index in [0.717, 1.165) is 4.88 Å². The van der Waals surface area contributed by atoms with Crippen molar-refractivity contribution in [2.75, 3.05) is 13.2 Å². The van der Waals surface area contributed by atoms with Gasteiger partial charge in [0, 0.05) is 24.0 Å². The number of hydrogen-bond acceptors (Lipinski definition) is 4. The Morgan fingerprint density at radius 2 is 2.39 bits per heavy atom. The van der Waals surface area contributed by atoms with Gasteiger partial charge in [-0.1, -0.05) is 6.07 Å². The lowest BCUT2D eigenvalue weighted by Gasteiger charge is -2.22. The first-order valence-corrected chi connectivity index (χ1v) is 6.35. The molecule has 1 aromatic heterocycles. The molecule has 1 aliphatic heterocycles. The summed E-state index contributed by atoms with van der Waals surface area (Å²) in [5.41, 5.74) is -1.28. The van der Waals surface area contributed by atoms with Crippen LogP contribution in [0.2, 0.25) is 0 Å². The molecule has 2 rings (SSSR count). The molecule has 2 N–H and O–H groups in total. The van der Waals surface area contributed by atoms with Crippen molar-refractivity contribution in [3.8, 4) is 0 Å². The molecule has 2 heterocycles. The van der Waals surface area contributed by atoms with Gasteiger partial charge in [-0.2, -0.15) is 0 Å². The molecule has 1 atom stereocenters. The molecule has 1 fully saturated rings. The molecule has 1 amide bonds. The van der Waals surface area contributed by atoms with Crippen LogP contribution < -0.4 is 5.32 Å². The van der Waals surface area contributed by atoms with E-state index in [2.05, 4.69) is 5.32 Å². The van der Waals surface area contributed by atoms with Crippen molar-refractivity contribution in [3.05, 3.63) is 28.5 Å². The first-order valence-electron chi connectivity index (χ1n) is 5.47. The Morgan fingerprint density at radius 1 is 1.56 bits per heavy atom. The van der Waals surface area contributed by atoms with Crippen molar-refractivity contribution in [1.82, 2.24) is 5.32 Å². The number of carbonyl (C=O) groups is 2. The van der Waals surface area contributed by atoms with Gasteiger partial charge in [0.05, 0.1) is 6.61 Å². The lowest BCUT2D eigenvalue weighted by Crippen LogP contribution is -2.54. The molecule has 0 bridgehead atoms. The van der Waals surface area contributed by atoms with E-state index < -0.39 is 17.4 Å². The highest BCUT2D eigenvalue weighted by Gasteiger charge is 2.43. The van der Waals surface area contributed by atoms with Crippen molar-refractivity contribution in [2.45, 2.75) is 12.0 Å². The molecule has 0 saturated carbocycles. The molecule has 0 aliphatic carbocycles. The van der Waals surface area contributed by atoms with Gasteiger partial charge in [0.1, 0.15) is 0 Å². The number of rotatable bonds is 4. The van der Waals surface area contributed by atoms with Crippen LogP contribution in [0.3, 0.4) is 0 Å². The van der Waals surface area contributed by atoms with Gasteiger partial charge >= 0.3 is 5.97 Å². The summed E-state index contributed by atoms with van der Waals surface area (Å²) >= 11 is 1.51. The normalized spacial score (nSPS) is 23.3. The second-order valence-electron chi connectivity index (χ2n) is 4.03. The number of carboxylic acids is 1. The van der Waals surface area contributed by atoms with Crippen LogP contribution in [0.4, 0.5) is 0 Å². The van der Waals surface area contributed by atoms with Crippen LogP contribution in [0.5, 0.6) is 0 Å². The number of thiophene rings is 1. The molecule has 0 spiro atoms. The maximum Gasteiger partial charge on any atom is 0.331 e. The average Bonchev–Trinajstić information content (AvgIpc) is 2.97. The predicted molar refractivity (Wildman–Crippen MR) is 67.3 cm³/mol. The van der Waals surface area contributed by atoms with E-state index in [0.29, 0.717) is 13.0 Å². The molecule has 0 aromatic carbocycles. The Kier molecular flexibility index (Phi) is 3.78. The lowest BCUT2D eigenvalue weighted by atomic mass is 9.99. The quantitative estimate of drug-likeness (QED) is 0.802. The zero-order valence-corrected chi connectivity index (χ0v) is 10.4. The van der Waals surface area contributed by atoms with E-state index in [1.807, 2.05) is 17.5 Å². The average molecular weight is 267 g/mol. The van der Waals surface area contributed by atoms with Gasteiger partial charge in [0.15, 0.2) is 5.54 Å². The monoisotopic (exact) mass is 267 g/mol. The van der Waals surface area contributed by atoms with Crippen LogP contribution in [-0.2, 0) is 14.3 Å². The summed E-state index contributed by atoms with van der Waals surface area (Å²) in [5, 5.41) is 13.6. The van der Waals surface area contributed by atoms with E-state index in [1.54, 1.807) is 6.08 Å². The Bertz CT molecular complexity index is 460. The van der Waals surface area contributed by atoms with E-state index in [1.165, 1.54) is 17.4 Å². The van der Waals surface area contributed by atoms with Crippen molar-refractivity contribution in [1.29, 1.82) is 0 Å². The standard InChI is InChI=1S/C12H13NO4S/c14-10(4-3-9-2-1-7-18-9)13-12(11(15)16)5-6-17-8-12/h1-4,7H,5-6,8H2,(H,13,14)(H,15,16). The first kappa shape index (κ1) is 12.8. The van der Waals surface area contributed by atoms with Crippen molar-refractivity contribution in [3.63, 3.8) is 0 Å². The number of hydrogen-bond donors (Lipinski definition) is 2. The summed E-state index contributed by atoms with van der Waals surface area (Å²) < 4.78 is 5.06. The fraction of sp³-hybridized carbons (Fsp3) is 0.333. The van der Waals surface area contributed by atoms with Gasteiger partial charge < -0.3 is 15.2 Å². The van der Waals surface area contributed by atoms with Crippen LogP contribution in [0, 0.1) is 0 Å². The maximum absolute atomic E-state index is 11.7. The van der Waals surface area contributed by atoms with Gasteiger partial charge in [-0.3, -0.25) is 4.79 Å². The molecule has 0 radical (unpaired) electrons. The van der Waals surface area contributed by atoms with Crippen LogP contribution in [-0.4, -0.2) is 35.7 Å². The highest BCUT2D eigenvalue weighted by Crippen LogP contribution is 2.19. The number of carboxylic acid groups (broad SMARTS) is 1. The summed E-state index contributed by atoms with van der Waals surface area (Å²) in [7, 11) is 0. The fourth-order valence-corrected chi connectivity index (χ4v) is 2.33. The Labute approximate surface area is 108 Å². The largest absolute Gasteiger partial charge is 0.479 e. The van der Waals surface area contributed by atoms with E-state index in [-0.39, 0.29) is 6.61 Å². The third-order valence-corrected chi connectivity index (χ3v) is 3.57. The first-order chi connectivity index (χ1) is 8.62. The Balaban J connectivity index is 2.00. The predicted octanol–water partition coefficient (Wildman–Crippen LogP) is 1.12. The van der Waals surface area contributed by atoms with Crippen molar-refractivity contribution in [2.24, 2.45) is 0 Å². The number of nitrogens with one attached hydrogen (secondary N) is 1. The molecule has 1 aromatic rings. The molecule has 5 nitrogen and oxygen atoms in total. The highest BCUT2D eigenvalue weighted by molar-refractivity contribution is 7.10. The van der Waals surface area contributed by atoms with Crippen LogP contribution in [0.15, 0.2) is 23.6 Å². The molecule has 6 heteroatoms.